The van der Waals surface area contributed by atoms with Gasteiger partial charge in [-0.05, 0) is 37.5 Å². The van der Waals surface area contributed by atoms with Crippen molar-refractivity contribution in [3.8, 4) is 0 Å². The molecule has 0 amide bonds. The summed E-state index contributed by atoms with van der Waals surface area (Å²) in [6, 6.07) is 1.73. The lowest BCUT2D eigenvalue weighted by Gasteiger charge is -2.14. The Bertz CT molecular complexity index is 1050. The number of aryl methyl sites for hydroxylation is 1. The SMILES string of the molecule is Cc1cc(F)c(N=c2scc(C3(Cl)CC3)n2CC(F)(F)F)cc1S(=O)CC(F)(F)F. The second-order valence-corrected chi connectivity index (χ2v) is 9.84. The third-order valence-corrected chi connectivity index (χ3v) is 7.24. The third-order valence-electron chi connectivity index (χ3n) is 4.28. The second kappa shape index (κ2) is 7.94. The van der Waals surface area contributed by atoms with Crippen LogP contribution in [-0.2, 0) is 22.2 Å². The number of halogens is 8. The monoisotopic (exact) mass is 494 g/mol. The van der Waals surface area contributed by atoms with Crippen LogP contribution >= 0.6 is 22.9 Å². The number of alkyl halides is 7. The Labute approximate surface area is 177 Å². The fraction of sp³-hybridized carbons (Fsp3) is 0.471. The van der Waals surface area contributed by atoms with Gasteiger partial charge in [0.05, 0.1) is 21.4 Å². The summed E-state index contributed by atoms with van der Waals surface area (Å²) in [5.74, 6) is -2.59. The van der Waals surface area contributed by atoms with Gasteiger partial charge in [-0.25, -0.2) is 9.38 Å². The molecule has 1 saturated carbocycles. The minimum atomic E-state index is -4.71. The van der Waals surface area contributed by atoms with Gasteiger partial charge in [0.1, 0.15) is 23.8 Å². The molecule has 1 heterocycles. The van der Waals surface area contributed by atoms with E-state index in [0.29, 0.717) is 12.8 Å². The van der Waals surface area contributed by atoms with E-state index in [2.05, 4.69) is 4.99 Å². The summed E-state index contributed by atoms with van der Waals surface area (Å²) in [5.41, 5.74) is -0.296. The van der Waals surface area contributed by atoms with Crippen LogP contribution in [0.1, 0.15) is 24.1 Å². The summed E-state index contributed by atoms with van der Waals surface area (Å²) < 4.78 is 104. The molecule has 166 valence electrons. The van der Waals surface area contributed by atoms with Crippen molar-refractivity contribution in [1.82, 2.24) is 4.57 Å². The summed E-state index contributed by atoms with van der Waals surface area (Å²) in [6.07, 6.45) is -8.36. The molecule has 0 bridgehead atoms. The van der Waals surface area contributed by atoms with Gasteiger partial charge in [0.2, 0.25) is 0 Å². The molecule has 2 aromatic rings. The van der Waals surface area contributed by atoms with E-state index in [4.69, 9.17) is 11.6 Å². The van der Waals surface area contributed by atoms with E-state index in [9.17, 15) is 34.9 Å². The molecule has 0 radical (unpaired) electrons. The van der Waals surface area contributed by atoms with Crippen molar-refractivity contribution in [2.75, 3.05) is 5.75 Å². The van der Waals surface area contributed by atoms with Crippen LogP contribution in [0.4, 0.5) is 36.4 Å². The van der Waals surface area contributed by atoms with Gasteiger partial charge in [0, 0.05) is 10.3 Å². The average Bonchev–Trinajstić information content (AvgIpc) is 3.18. The highest BCUT2D eigenvalue weighted by molar-refractivity contribution is 7.85. The number of rotatable bonds is 5. The zero-order valence-electron chi connectivity index (χ0n) is 15.2. The number of benzene rings is 1. The van der Waals surface area contributed by atoms with Crippen molar-refractivity contribution in [3.63, 3.8) is 0 Å². The highest BCUT2D eigenvalue weighted by atomic mass is 35.5. The molecule has 30 heavy (non-hydrogen) atoms. The van der Waals surface area contributed by atoms with Gasteiger partial charge in [-0.1, -0.05) is 0 Å². The Morgan fingerprint density at radius 2 is 1.83 bits per heavy atom. The molecule has 0 aliphatic heterocycles. The van der Waals surface area contributed by atoms with Crippen LogP contribution in [0.3, 0.4) is 0 Å². The molecule has 1 fully saturated rings. The minimum Gasteiger partial charge on any atom is -0.310 e. The van der Waals surface area contributed by atoms with E-state index >= 15 is 0 Å². The highest BCUT2D eigenvalue weighted by Gasteiger charge is 2.46. The van der Waals surface area contributed by atoms with Crippen LogP contribution in [-0.4, -0.2) is 26.9 Å². The number of thiazole rings is 1. The van der Waals surface area contributed by atoms with Gasteiger partial charge in [0.15, 0.2) is 4.80 Å². The summed E-state index contributed by atoms with van der Waals surface area (Å²) >= 11 is 7.06. The lowest BCUT2D eigenvalue weighted by molar-refractivity contribution is -0.141. The van der Waals surface area contributed by atoms with E-state index in [1.54, 1.807) is 0 Å². The van der Waals surface area contributed by atoms with Gasteiger partial charge < -0.3 is 4.57 Å². The van der Waals surface area contributed by atoms with Crippen LogP contribution in [0.2, 0.25) is 0 Å². The molecule has 0 spiro atoms. The molecule has 1 aromatic carbocycles. The molecular formula is C17H14ClF7N2OS2. The normalized spacial score (nSPS) is 18.0. The van der Waals surface area contributed by atoms with Crippen molar-refractivity contribution < 1.29 is 34.9 Å². The van der Waals surface area contributed by atoms with Gasteiger partial charge in [-0.2, -0.15) is 26.3 Å². The van der Waals surface area contributed by atoms with E-state index in [1.165, 1.54) is 12.3 Å². The fourth-order valence-electron chi connectivity index (χ4n) is 2.77. The summed E-state index contributed by atoms with van der Waals surface area (Å²) in [7, 11) is -2.52. The van der Waals surface area contributed by atoms with Crippen molar-refractivity contribution in [3.05, 3.63) is 39.4 Å². The van der Waals surface area contributed by atoms with E-state index in [1.807, 2.05) is 0 Å². The lowest BCUT2D eigenvalue weighted by atomic mass is 10.2. The van der Waals surface area contributed by atoms with Crippen molar-refractivity contribution >= 4 is 39.4 Å². The predicted octanol–water partition coefficient (Wildman–Crippen LogP) is 5.69. The molecule has 1 atom stereocenters. The molecule has 3 nitrogen and oxygen atoms in total. The molecule has 13 heteroatoms. The van der Waals surface area contributed by atoms with Gasteiger partial charge in [-0.3, -0.25) is 4.21 Å². The maximum absolute atomic E-state index is 14.4. The molecule has 1 aliphatic rings. The Morgan fingerprint density at radius 1 is 1.20 bits per heavy atom. The number of nitrogens with zero attached hydrogens (tertiary/aromatic N) is 2. The Kier molecular flexibility index (Phi) is 6.16. The molecule has 3 rings (SSSR count). The topological polar surface area (TPSA) is 34.4 Å². The standard InChI is InChI=1S/C17H14ClF7N2OS2/c1-9-4-10(19)11(5-12(9)30(28)8-17(23,24)25)26-14-27(7-16(20,21)22)13(6-29-14)15(18)2-3-15/h4-6H,2-3,7-8H2,1H3. The first-order valence-corrected chi connectivity index (χ1v) is 11.0. The fourth-order valence-corrected chi connectivity index (χ4v) is 5.21. The van der Waals surface area contributed by atoms with Crippen molar-refractivity contribution in [2.24, 2.45) is 4.99 Å². The first kappa shape index (κ1) is 23.3. The minimum absolute atomic E-state index is 0.0155. The lowest BCUT2D eigenvalue weighted by Crippen LogP contribution is -2.28. The summed E-state index contributed by atoms with van der Waals surface area (Å²) in [4.78, 5) is 2.45. The summed E-state index contributed by atoms with van der Waals surface area (Å²) in [5, 5.41) is 1.40. The quantitative estimate of drug-likeness (QED) is 0.388. The largest absolute Gasteiger partial charge is 0.406 e. The first-order valence-electron chi connectivity index (χ1n) is 8.43. The smallest absolute Gasteiger partial charge is 0.310 e. The molecule has 1 unspecified atom stereocenters. The van der Waals surface area contributed by atoms with Crippen molar-refractivity contribution in [2.45, 2.75) is 48.4 Å². The van der Waals surface area contributed by atoms with Crippen LogP contribution in [0.15, 0.2) is 27.4 Å². The Balaban J connectivity index is 2.10. The van der Waals surface area contributed by atoms with Crippen LogP contribution in [0.5, 0.6) is 0 Å². The van der Waals surface area contributed by atoms with E-state index in [-0.39, 0.29) is 21.0 Å². The highest BCUT2D eigenvalue weighted by Crippen LogP contribution is 2.52. The third kappa shape index (κ3) is 5.44. The van der Waals surface area contributed by atoms with E-state index < -0.39 is 51.8 Å². The first-order chi connectivity index (χ1) is 13.7. The zero-order valence-corrected chi connectivity index (χ0v) is 17.6. The molecule has 0 N–H and O–H groups in total. The Hall–Kier alpha value is -1.40. The van der Waals surface area contributed by atoms with Gasteiger partial charge in [0.25, 0.3) is 0 Å². The number of hydrogen-bond acceptors (Lipinski definition) is 3. The van der Waals surface area contributed by atoms with Crippen LogP contribution in [0, 0.1) is 12.7 Å². The van der Waals surface area contributed by atoms with Crippen LogP contribution in [0.25, 0.3) is 0 Å². The molecule has 1 aliphatic carbocycles. The van der Waals surface area contributed by atoms with E-state index in [0.717, 1.165) is 28.0 Å². The van der Waals surface area contributed by atoms with Crippen molar-refractivity contribution in [1.29, 1.82) is 0 Å². The molecule has 0 saturated heterocycles. The predicted molar refractivity (Wildman–Crippen MR) is 98.8 cm³/mol. The maximum atomic E-state index is 14.4. The molecular weight excluding hydrogens is 481 g/mol. The summed E-state index contributed by atoms with van der Waals surface area (Å²) in [6.45, 7) is -0.118. The molecule has 1 aromatic heterocycles. The average molecular weight is 495 g/mol. The number of aromatic nitrogens is 1. The zero-order chi connectivity index (χ0) is 22.5. The maximum Gasteiger partial charge on any atom is 0.406 e. The van der Waals surface area contributed by atoms with Crippen LogP contribution < -0.4 is 4.80 Å². The number of hydrogen-bond donors (Lipinski definition) is 0. The second-order valence-electron chi connectivity index (χ2n) is 6.86. The van der Waals surface area contributed by atoms with Gasteiger partial charge in [-0.15, -0.1) is 22.9 Å². The van der Waals surface area contributed by atoms with Gasteiger partial charge >= 0.3 is 12.4 Å². The Morgan fingerprint density at radius 3 is 2.37 bits per heavy atom.